The predicted molar refractivity (Wildman–Crippen MR) is 98.2 cm³/mol. The van der Waals surface area contributed by atoms with E-state index in [1.165, 1.54) is 0 Å². The first-order valence-corrected chi connectivity index (χ1v) is 8.65. The van der Waals surface area contributed by atoms with Gasteiger partial charge in [-0.2, -0.15) is 0 Å². The van der Waals surface area contributed by atoms with E-state index in [1.807, 2.05) is 48.5 Å². The molecule has 2 aromatic rings. The van der Waals surface area contributed by atoms with Crippen LogP contribution in [-0.4, -0.2) is 19.2 Å². The summed E-state index contributed by atoms with van der Waals surface area (Å²) in [5.74, 6) is 1.73. The summed E-state index contributed by atoms with van der Waals surface area (Å²) >= 11 is 0. The number of carbonyl (C=O) groups is 1. The lowest BCUT2D eigenvalue weighted by atomic mass is 9.96. The van der Waals surface area contributed by atoms with E-state index >= 15 is 0 Å². The van der Waals surface area contributed by atoms with Gasteiger partial charge >= 0.3 is 6.03 Å². The summed E-state index contributed by atoms with van der Waals surface area (Å²) in [6.45, 7) is 5.47. The summed E-state index contributed by atoms with van der Waals surface area (Å²) in [7, 11) is 0. The number of hydrogen-bond acceptors (Lipinski definition) is 3. The molecule has 1 aliphatic rings. The van der Waals surface area contributed by atoms with Crippen LogP contribution < -0.4 is 20.1 Å². The molecule has 0 aromatic heterocycles. The van der Waals surface area contributed by atoms with E-state index in [0.29, 0.717) is 13.2 Å². The van der Waals surface area contributed by atoms with Crippen molar-refractivity contribution >= 4 is 11.7 Å². The van der Waals surface area contributed by atoms with E-state index in [2.05, 4.69) is 24.5 Å². The molecule has 0 unspecified atom stereocenters. The molecule has 1 heterocycles. The molecule has 5 heteroatoms. The number of amides is 2. The summed E-state index contributed by atoms with van der Waals surface area (Å²) in [5, 5.41) is 5.92. The quantitative estimate of drug-likeness (QED) is 0.869. The zero-order valence-electron chi connectivity index (χ0n) is 14.6. The van der Waals surface area contributed by atoms with Crippen LogP contribution in [0.4, 0.5) is 10.5 Å². The summed E-state index contributed by atoms with van der Waals surface area (Å²) in [4.78, 5) is 12.4. The number of urea groups is 1. The molecule has 2 aromatic carbocycles. The second-order valence-electron chi connectivity index (χ2n) is 6.44. The highest BCUT2D eigenvalue weighted by atomic mass is 16.5. The summed E-state index contributed by atoms with van der Waals surface area (Å²) in [6.07, 6.45) is 0.870. The number of ether oxygens (including phenoxy) is 2. The van der Waals surface area contributed by atoms with Crippen LogP contribution in [-0.2, 0) is 0 Å². The lowest BCUT2D eigenvalue weighted by Gasteiger charge is -2.24. The average molecular weight is 340 g/mol. The van der Waals surface area contributed by atoms with Crippen molar-refractivity contribution in [2.45, 2.75) is 26.3 Å². The molecule has 2 N–H and O–H groups in total. The lowest BCUT2D eigenvalue weighted by Crippen LogP contribution is -2.35. The van der Waals surface area contributed by atoms with Gasteiger partial charge in [0.05, 0.1) is 19.3 Å². The molecule has 0 saturated carbocycles. The minimum absolute atomic E-state index is 0.124. The van der Waals surface area contributed by atoms with E-state index in [1.54, 1.807) is 0 Å². The monoisotopic (exact) mass is 340 g/mol. The Kier molecular flexibility index (Phi) is 5.43. The molecule has 0 radical (unpaired) electrons. The first-order chi connectivity index (χ1) is 12.1. The van der Waals surface area contributed by atoms with Crippen molar-refractivity contribution in [1.82, 2.24) is 5.32 Å². The third-order valence-electron chi connectivity index (χ3n) is 4.12. The number of para-hydroxylation sites is 1. The van der Waals surface area contributed by atoms with Gasteiger partial charge in [0.1, 0.15) is 0 Å². The van der Waals surface area contributed by atoms with Crippen LogP contribution in [0.3, 0.4) is 0 Å². The maximum atomic E-state index is 12.4. The largest absolute Gasteiger partial charge is 0.490 e. The van der Waals surface area contributed by atoms with Crippen LogP contribution in [0.1, 0.15) is 31.9 Å². The molecule has 2 amide bonds. The second kappa shape index (κ2) is 7.92. The van der Waals surface area contributed by atoms with E-state index in [4.69, 9.17) is 9.47 Å². The maximum absolute atomic E-state index is 12.4. The number of benzene rings is 2. The Morgan fingerprint density at radius 2 is 1.72 bits per heavy atom. The molecule has 3 rings (SSSR count). The van der Waals surface area contributed by atoms with Crippen molar-refractivity contribution in [2.24, 2.45) is 5.92 Å². The standard InChI is InChI=1S/C20H24N2O3/c1-14(2)19(22-20(23)21-16-7-4-3-5-8-16)15-9-10-17-18(13-15)25-12-6-11-24-17/h3-5,7-10,13-14,19H,6,11-12H2,1-2H3,(H2,21,22,23)/t19-/m0/s1. The van der Waals surface area contributed by atoms with Gasteiger partial charge in [0.25, 0.3) is 0 Å². The minimum atomic E-state index is -0.225. The third kappa shape index (κ3) is 4.44. The first kappa shape index (κ1) is 17.1. The van der Waals surface area contributed by atoms with Crippen LogP contribution >= 0.6 is 0 Å². The highest BCUT2D eigenvalue weighted by Gasteiger charge is 2.21. The minimum Gasteiger partial charge on any atom is -0.490 e. The summed E-state index contributed by atoms with van der Waals surface area (Å²) in [5.41, 5.74) is 1.77. The number of rotatable bonds is 4. The highest BCUT2D eigenvalue weighted by molar-refractivity contribution is 5.89. The van der Waals surface area contributed by atoms with Crippen LogP contribution in [0.2, 0.25) is 0 Å². The molecular formula is C20H24N2O3. The van der Waals surface area contributed by atoms with Crippen LogP contribution in [0.15, 0.2) is 48.5 Å². The lowest BCUT2D eigenvalue weighted by molar-refractivity contribution is 0.244. The maximum Gasteiger partial charge on any atom is 0.319 e. The Labute approximate surface area is 148 Å². The van der Waals surface area contributed by atoms with Crippen molar-refractivity contribution in [3.8, 4) is 11.5 Å². The van der Waals surface area contributed by atoms with Gasteiger partial charge in [0, 0.05) is 12.1 Å². The van der Waals surface area contributed by atoms with Gasteiger partial charge in [0.15, 0.2) is 11.5 Å². The SMILES string of the molecule is CC(C)[C@H](NC(=O)Nc1ccccc1)c1ccc2c(c1)OCCCO2. The zero-order valence-corrected chi connectivity index (χ0v) is 14.6. The average Bonchev–Trinajstić information content (AvgIpc) is 2.85. The van der Waals surface area contributed by atoms with E-state index in [0.717, 1.165) is 29.2 Å². The Morgan fingerprint density at radius 3 is 2.44 bits per heavy atom. The van der Waals surface area contributed by atoms with Crippen LogP contribution in [0.5, 0.6) is 11.5 Å². The van der Waals surface area contributed by atoms with E-state index < -0.39 is 0 Å². The predicted octanol–water partition coefficient (Wildman–Crippen LogP) is 4.37. The fourth-order valence-corrected chi connectivity index (χ4v) is 2.84. The van der Waals surface area contributed by atoms with Crippen LogP contribution in [0.25, 0.3) is 0 Å². The highest BCUT2D eigenvalue weighted by Crippen LogP contribution is 2.34. The Morgan fingerprint density at radius 1 is 1.00 bits per heavy atom. The van der Waals surface area contributed by atoms with E-state index in [-0.39, 0.29) is 18.0 Å². The molecule has 25 heavy (non-hydrogen) atoms. The number of nitrogens with one attached hydrogen (secondary N) is 2. The number of carbonyl (C=O) groups excluding carboxylic acids is 1. The summed E-state index contributed by atoms with van der Waals surface area (Å²) < 4.78 is 11.4. The first-order valence-electron chi connectivity index (χ1n) is 8.65. The number of anilines is 1. The van der Waals surface area contributed by atoms with Gasteiger partial charge in [-0.1, -0.05) is 38.1 Å². The Bertz CT molecular complexity index is 716. The van der Waals surface area contributed by atoms with E-state index in [9.17, 15) is 4.79 Å². The molecule has 0 fully saturated rings. The van der Waals surface area contributed by atoms with Crippen molar-refractivity contribution in [3.05, 3.63) is 54.1 Å². The summed E-state index contributed by atoms with van der Waals surface area (Å²) in [6, 6.07) is 14.9. The van der Waals surface area contributed by atoms with Crippen molar-refractivity contribution in [3.63, 3.8) is 0 Å². The Hall–Kier alpha value is -2.69. The molecule has 132 valence electrons. The fraction of sp³-hybridized carbons (Fsp3) is 0.350. The zero-order chi connectivity index (χ0) is 17.6. The van der Waals surface area contributed by atoms with Gasteiger partial charge in [-0.25, -0.2) is 4.79 Å². The number of fused-ring (bicyclic) bond motifs is 1. The smallest absolute Gasteiger partial charge is 0.319 e. The normalized spacial score (nSPS) is 14.5. The Balaban J connectivity index is 1.74. The van der Waals surface area contributed by atoms with Gasteiger partial charge in [-0.05, 0) is 35.7 Å². The molecule has 5 nitrogen and oxygen atoms in total. The van der Waals surface area contributed by atoms with Gasteiger partial charge < -0.3 is 20.1 Å². The second-order valence-corrected chi connectivity index (χ2v) is 6.44. The molecule has 0 spiro atoms. The topological polar surface area (TPSA) is 59.6 Å². The van der Waals surface area contributed by atoms with Crippen LogP contribution in [0, 0.1) is 5.92 Å². The molecule has 0 aliphatic carbocycles. The van der Waals surface area contributed by atoms with Crippen molar-refractivity contribution in [1.29, 1.82) is 0 Å². The van der Waals surface area contributed by atoms with Crippen molar-refractivity contribution in [2.75, 3.05) is 18.5 Å². The van der Waals surface area contributed by atoms with Gasteiger partial charge in [-0.3, -0.25) is 0 Å². The molecule has 0 bridgehead atoms. The molecule has 0 saturated heterocycles. The number of hydrogen-bond donors (Lipinski definition) is 2. The van der Waals surface area contributed by atoms with Gasteiger partial charge in [0.2, 0.25) is 0 Å². The molecular weight excluding hydrogens is 316 g/mol. The molecule has 1 aliphatic heterocycles. The third-order valence-corrected chi connectivity index (χ3v) is 4.12. The van der Waals surface area contributed by atoms with Crippen molar-refractivity contribution < 1.29 is 14.3 Å². The fourth-order valence-electron chi connectivity index (χ4n) is 2.84. The molecule has 1 atom stereocenters. The van der Waals surface area contributed by atoms with Gasteiger partial charge in [-0.15, -0.1) is 0 Å².